The highest BCUT2D eigenvalue weighted by atomic mass is 35.5. The van der Waals surface area contributed by atoms with Crippen molar-refractivity contribution in [3.63, 3.8) is 0 Å². The Hall–Kier alpha value is -2.79. The number of ether oxygens (including phenoxy) is 1. The van der Waals surface area contributed by atoms with Gasteiger partial charge in [0, 0.05) is 16.5 Å². The number of hydrogen-bond acceptors (Lipinski definition) is 4. The smallest absolute Gasteiger partial charge is 0.339 e. The van der Waals surface area contributed by atoms with Crippen molar-refractivity contribution >= 4 is 34.2 Å². The predicted octanol–water partition coefficient (Wildman–Crippen LogP) is 4.26. The Morgan fingerprint density at radius 2 is 1.96 bits per heavy atom. The van der Waals surface area contributed by atoms with Crippen LogP contribution in [-0.4, -0.2) is 12.5 Å². The third kappa shape index (κ3) is 3.30. The number of anilines is 1. The SMILES string of the molecule is Cc1c(OCC(=O)Nc2ccccc2Cl)ccc2c3c(c(=O)oc12)CCC3. The maximum absolute atomic E-state index is 12.2. The molecule has 1 heterocycles. The molecule has 27 heavy (non-hydrogen) atoms. The second-order valence-electron chi connectivity index (χ2n) is 6.58. The molecule has 1 amide bonds. The van der Waals surface area contributed by atoms with Gasteiger partial charge in [0.15, 0.2) is 6.61 Å². The van der Waals surface area contributed by atoms with Gasteiger partial charge in [-0.05, 0) is 56.0 Å². The molecule has 0 aliphatic heterocycles. The van der Waals surface area contributed by atoms with E-state index >= 15 is 0 Å². The number of rotatable bonds is 4. The van der Waals surface area contributed by atoms with Gasteiger partial charge >= 0.3 is 5.63 Å². The highest BCUT2D eigenvalue weighted by Gasteiger charge is 2.21. The quantitative estimate of drug-likeness (QED) is 0.683. The first kappa shape index (κ1) is 17.6. The van der Waals surface area contributed by atoms with Gasteiger partial charge in [-0.1, -0.05) is 23.7 Å². The summed E-state index contributed by atoms with van der Waals surface area (Å²) in [6.45, 7) is 1.65. The zero-order chi connectivity index (χ0) is 19.0. The molecule has 0 unspecified atom stereocenters. The van der Waals surface area contributed by atoms with Crippen LogP contribution in [0.4, 0.5) is 5.69 Å². The molecule has 0 bridgehead atoms. The molecule has 0 saturated heterocycles. The number of carbonyl (C=O) groups excluding carboxylic acids is 1. The molecule has 1 N–H and O–H groups in total. The van der Waals surface area contributed by atoms with E-state index in [0.717, 1.165) is 35.8 Å². The molecular formula is C21H18ClNO4. The summed E-state index contributed by atoms with van der Waals surface area (Å²) in [7, 11) is 0. The largest absolute Gasteiger partial charge is 0.483 e. The third-order valence-electron chi connectivity index (χ3n) is 4.85. The normalized spacial score (nSPS) is 12.8. The number of nitrogens with one attached hydrogen (secondary N) is 1. The van der Waals surface area contributed by atoms with Gasteiger partial charge in [0.05, 0.1) is 10.7 Å². The van der Waals surface area contributed by atoms with Crippen molar-refractivity contribution in [2.45, 2.75) is 26.2 Å². The van der Waals surface area contributed by atoms with E-state index in [2.05, 4.69) is 5.32 Å². The Morgan fingerprint density at radius 3 is 2.78 bits per heavy atom. The fourth-order valence-electron chi connectivity index (χ4n) is 3.51. The van der Waals surface area contributed by atoms with E-state index in [-0.39, 0.29) is 18.1 Å². The van der Waals surface area contributed by atoms with Crippen LogP contribution in [0.25, 0.3) is 11.0 Å². The van der Waals surface area contributed by atoms with Crippen molar-refractivity contribution in [2.24, 2.45) is 0 Å². The maximum atomic E-state index is 12.2. The first-order chi connectivity index (χ1) is 13.0. The molecular weight excluding hydrogens is 366 g/mol. The van der Waals surface area contributed by atoms with E-state index in [1.54, 1.807) is 24.3 Å². The first-order valence-corrected chi connectivity index (χ1v) is 9.17. The average Bonchev–Trinajstić information content (AvgIpc) is 3.15. The highest BCUT2D eigenvalue weighted by Crippen LogP contribution is 2.33. The van der Waals surface area contributed by atoms with Crippen molar-refractivity contribution < 1.29 is 13.9 Å². The van der Waals surface area contributed by atoms with Gasteiger partial charge in [-0.3, -0.25) is 4.79 Å². The summed E-state index contributed by atoms with van der Waals surface area (Å²) >= 11 is 6.04. The van der Waals surface area contributed by atoms with Crippen molar-refractivity contribution in [2.75, 3.05) is 11.9 Å². The Kier molecular flexibility index (Phi) is 4.62. The minimum Gasteiger partial charge on any atom is -0.483 e. The average molecular weight is 384 g/mol. The molecule has 5 nitrogen and oxygen atoms in total. The van der Waals surface area contributed by atoms with Crippen molar-refractivity contribution in [3.05, 3.63) is 68.5 Å². The van der Waals surface area contributed by atoms with Gasteiger partial charge in [-0.2, -0.15) is 0 Å². The summed E-state index contributed by atoms with van der Waals surface area (Å²) in [6.07, 6.45) is 2.63. The topological polar surface area (TPSA) is 68.5 Å². The molecule has 1 aliphatic carbocycles. The second-order valence-corrected chi connectivity index (χ2v) is 6.99. The molecule has 2 aromatic carbocycles. The lowest BCUT2D eigenvalue weighted by atomic mass is 10.0. The van der Waals surface area contributed by atoms with Gasteiger partial charge in [0.2, 0.25) is 0 Å². The van der Waals surface area contributed by atoms with E-state index in [0.29, 0.717) is 27.6 Å². The molecule has 4 rings (SSSR count). The molecule has 3 aromatic rings. The van der Waals surface area contributed by atoms with E-state index < -0.39 is 0 Å². The summed E-state index contributed by atoms with van der Waals surface area (Å²) in [5.74, 6) is 0.191. The number of para-hydroxylation sites is 1. The maximum Gasteiger partial charge on any atom is 0.339 e. The fourth-order valence-corrected chi connectivity index (χ4v) is 3.69. The zero-order valence-corrected chi connectivity index (χ0v) is 15.6. The second kappa shape index (κ2) is 7.08. The molecule has 0 fully saturated rings. The third-order valence-corrected chi connectivity index (χ3v) is 5.18. The molecule has 1 aliphatic rings. The minimum atomic E-state index is -0.321. The lowest BCUT2D eigenvalue weighted by molar-refractivity contribution is -0.118. The molecule has 0 spiro atoms. The highest BCUT2D eigenvalue weighted by molar-refractivity contribution is 6.33. The lowest BCUT2D eigenvalue weighted by Gasteiger charge is -2.12. The van der Waals surface area contributed by atoms with Gasteiger partial charge in [0.1, 0.15) is 11.3 Å². The van der Waals surface area contributed by atoms with E-state index in [1.807, 2.05) is 19.1 Å². The van der Waals surface area contributed by atoms with Crippen LogP contribution < -0.4 is 15.7 Å². The Balaban J connectivity index is 1.55. The summed E-state index contributed by atoms with van der Waals surface area (Å²) in [4.78, 5) is 24.4. The van der Waals surface area contributed by atoms with Crippen molar-refractivity contribution in [1.82, 2.24) is 0 Å². The summed E-state index contributed by atoms with van der Waals surface area (Å²) in [5.41, 5.74) is 3.37. The van der Waals surface area contributed by atoms with E-state index in [9.17, 15) is 9.59 Å². The number of fused-ring (bicyclic) bond motifs is 3. The molecule has 0 saturated carbocycles. The zero-order valence-electron chi connectivity index (χ0n) is 14.8. The lowest BCUT2D eigenvalue weighted by Crippen LogP contribution is -2.20. The first-order valence-electron chi connectivity index (χ1n) is 8.80. The van der Waals surface area contributed by atoms with Crippen LogP contribution in [0.15, 0.2) is 45.6 Å². The Morgan fingerprint density at radius 1 is 1.19 bits per heavy atom. The van der Waals surface area contributed by atoms with Crippen LogP contribution in [0, 0.1) is 6.92 Å². The van der Waals surface area contributed by atoms with Crippen molar-refractivity contribution in [3.8, 4) is 5.75 Å². The summed E-state index contributed by atoms with van der Waals surface area (Å²) < 4.78 is 11.2. The standard InChI is InChI=1S/C21H18ClNO4/c1-12-18(26-11-19(24)23-17-8-3-2-7-16(17)22)10-9-14-13-5-4-6-15(13)21(25)27-20(12)14/h2-3,7-10H,4-6,11H2,1H3,(H,23,24). The molecule has 0 radical (unpaired) electrons. The van der Waals surface area contributed by atoms with Gasteiger partial charge < -0.3 is 14.5 Å². The van der Waals surface area contributed by atoms with Crippen molar-refractivity contribution in [1.29, 1.82) is 0 Å². The number of aryl methyl sites for hydroxylation is 2. The number of benzene rings is 2. The van der Waals surface area contributed by atoms with Gasteiger partial charge in [0.25, 0.3) is 5.91 Å². The van der Waals surface area contributed by atoms with Gasteiger partial charge in [-0.15, -0.1) is 0 Å². The van der Waals surface area contributed by atoms with Crippen LogP contribution in [0.1, 0.15) is 23.1 Å². The molecule has 6 heteroatoms. The molecule has 1 aromatic heterocycles. The Labute approximate surface area is 160 Å². The van der Waals surface area contributed by atoms with Crippen LogP contribution >= 0.6 is 11.6 Å². The summed E-state index contributed by atoms with van der Waals surface area (Å²) in [5, 5.41) is 4.12. The molecule has 138 valence electrons. The number of halogens is 1. The number of hydrogen-bond donors (Lipinski definition) is 1. The van der Waals surface area contributed by atoms with E-state index in [4.69, 9.17) is 20.8 Å². The van der Waals surface area contributed by atoms with Crippen LogP contribution in [-0.2, 0) is 17.6 Å². The van der Waals surface area contributed by atoms with E-state index in [1.165, 1.54) is 0 Å². The molecule has 0 atom stereocenters. The predicted molar refractivity (Wildman–Crippen MR) is 105 cm³/mol. The van der Waals surface area contributed by atoms with Crippen LogP contribution in [0.3, 0.4) is 0 Å². The fraction of sp³-hybridized carbons (Fsp3) is 0.238. The minimum absolute atomic E-state index is 0.174. The van der Waals surface area contributed by atoms with Crippen LogP contribution in [0.5, 0.6) is 5.75 Å². The Bertz CT molecular complexity index is 1100. The van der Waals surface area contributed by atoms with Crippen LogP contribution in [0.2, 0.25) is 5.02 Å². The number of carbonyl (C=O) groups is 1. The number of amides is 1. The summed E-state index contributed by atoms with van der Waals surface area (Å²) in [6, 6.07) is 10.7. The van der Waals surface area contributed by atoms with Gasteiger partial charge in [-0.25, -0.2) is 4.79 Å². The monoisotopic (exact) mass is 383 g/mol.